The van der Waals surface area contributed by atoms with E-state index in [2.05, 4.69) is 0 Å². The van der Waals surface area contributed by atoms with Gasteiger partial charge in [0.25, 0.3) is 0 Å². The lowest BCUT2D eigenvalue weighted by molar-refractivity contribution is 2.26. The Balaban J connectivity index is 2.32. The largest absolute Gasteiger partial charge is 0.218 e. The van der Waals surface area contributed by atoms with Crippen LogP contribution in [0.1, 0.15) is 0 Å². The Hall–Kier alpha value is 0.350. The van der Waals surface area contributed by atoms with Gasteiger partial charge in [0.15, 0.2) is 0 Å². The molecule has 0 aliphatic carbocycles. The van der Waals surface area contributed by atoms with Gasteiger partial charge in [0.2, 0.25) is 0 Å². The summed E-state index contributed by atoms with van der Waals surface area (Å²) in [5, 5.41) is 0. The average Bonchev–Trinajstić information content (AvgIpc) is 0.811. The van der Waals surface area contributed by atoms with E-state index in [4.69, 9.17) is 6.26 Å². The summed E-state index contributed by atoms with van der Waals surface area (Å²) in [7, 11) is 0.139. The van der Waals surface area contributed by atoms with Gasteiger partial charge in [-0.15, -0.1) is 0 Å². The van der Waals surface area contributed by atoms with Crippen LogP contribution in [0.3, 0.4) is 0 Å². The summed E-state index contributed by atoms with van der Waals surface area (Å²) in [5.41, 5.74) is 0. The minimum atomic E-state index is 0.139. The number of rotatable bonds is 0. The van der Waals surface area contributed by atoms with Crippen LogP contribution in [-0.2, 0) is 10.9 Å². The maximum atomic E-state index is 5.14. The Bertz CT molecular complexity index is 8.00. The molecule has 0 amide bonds. The first kappa shape index (κ1) is 4.35. The Kier molecular flexibility index (Phi) is 1.79. The zero-order chi connectivity index (χ0) is 3.58. The van der Waals surface area contributed by atoms with Gasteiger partial charge < -0.3 is 0 Å². The lowest BCUT2D eigenvalue weighted by atomic mass is 11.9. The summed E-state index contributed by atoms with van der Waals surface area (Å²) in [4.78, 5) is 0. The van der Waals surface area contributed by atoms with Gasteiger partial charge in [0.05, 0.1) is 12.5 Å². The maximum Gasteiger partial charge on any atom is 0.0661 e. The Morgan fingerprint density at radius 1 is 1.50 bits per heavy atom. The summed E-state index contributed by atoms with van der Waals surface area (Å²) < 4.78 is 0. The summed E-state index contributed by atoms with van der Waals surface area (Å²) in [6, 6.07) is 0. The van der Waals surface area contributed by atoms with Gasteiger partial charge in [-0.2, -0.15) is 0 Å². The minimum absolute atomic E-state index is 0.139. The highest BCUT2D eigenvalue weighted by Crippen LogP contribution is 1.68. The van der Waals surface area contributed by atoms with Crippen molar-refractivity contribution in [1.29, 1.82) is 0 Å². The molecule has 0 aromatic carbocycles. The summed E-state index contributed by atoms with van der Waals surface area (Å²) in [5.74, 6) is 0. The molecular formula is C3H7S. The van der Waals surface area contributed by atoms with Gasteiger partial charge in [-0.05, 0) is 0 Å². The molecule has 0 atom stereocenters. The van der Waals surface area contributed by atoms with Gasteiger partial charge >= 0.3 is 0 Å². The molecule has 0 aliphatic heterocycles. The van der Waals surface area contributed by atoms with Gasteiger partial charge in [-0.3, -0.25) is 0 Å². The highest BCUT2D eigenvalue weighted by Gasteiger charge is 1.63. The van der Waals surface area contributed by atoms with Crippen LogP contribution in [0.25, 0.3) is 0 Å². The van der Waals surface area contributed by atoms with E-state index < -0.39 is 0 Å². The van der Waals surface area contributed by atoms with Crippen molar-refractivity contribution in [2.75, 3.05) is 12.5 Å². The molecule has 0 aromatic rings. The maximum absolute atomic E-state index is 5.14. The summed E-state index contributed by atoms with van der Waals surface area (Å²) in [6.45, 7) is 0. The van der Waals surface area contributed by atoms with Gasteiger partial charge in [0.1, 0.15) is 0 Å². The smallest absolute Gasteiger partial charge is 0.0661 e. The van der Waals surface area contributed by atoms with Crippen LogP contribution in [0.4, 0.5) is 0 Å². The fraction of sp³-hybridized carbons (Fsp3) is 0.667. The lowest BCUT2D eigenvalue weighted by Crippen LogP contribution is -1.79. The second-order valence-corrected chi connectivity index (χ2v) is 2.64. The fourth-order valence-corrected chi connectivity index (χ4v) is 0. The van der Waals surface area contributed by atoms with E-state index in [0.717, 1.165) is 0 Å². The standard InChI is InChI=1S/C3H7S/c1-4(2)3/h1H,2-3H3. The molecule has 0 unspecified atom stereocenters. The first-order valence-corrected chi connectivity index (χ1v) is 3.16. The van der Waals surface area contributed by atoms with E-state index in [0.29, 0.717) is 0 Å². The van der Waals surface area contributed by atoms with Crippen molar-refractivity contribution in [3.63, 3.8) is 0 Å². The molecule has 0 saturated heterocycles. The van der Waals surface area contributed by atoms with Crippen LogP contribution < -0.4 is 0 Å². The van der Waals surface area contributed by atoms with Crippen molar-refractivity contribution in [3.05, 3.63) is 6.26 Å². The van der Waals surface area contributed by atoms with Gasteiger partial charge in [-0.1, -0.05) is 0 Å². The van der Waals surface area contributed by atoms with E-state index in [1.807, 2.05) is 12.5 Å². The molecular weight excluding hydrogens is 68.1 g/mol. The summed E-state index contributed by atoms with van der Waals surface area (Å²) in [6.07, 6.45) is 9.08. The van der Waals surface area contributed by atoms with Crippen LogP contribution in [0, 0.1) is 6.26 Å². The second-order valence-electron chi connectivity index (χ2n) is 0.880. The molecule has 4 heavy (non-hydrogen) atoms. The van der Waals surface area contributed by atoms with Gasteiger partial charge in [-0.25, -0.2) is 17.2 Å². The third-order valence-electron chi connectivity index (χ3n) is 0. The Morgan fingerprint density at radius 3 is 1.50 bits per heavy atom. The van der Waals surface area contributed by atoms with Crippen molar-refractivity contribution < 1.29 is 0 Å². The molecule has 0 aliphatic rings. The normalized spacial score (nSPS) is 9.00. The quantitative estimate of drug-likeness (QED) is 0.291. The minimum Gasteiger partial charge on any atom is -0.218 e. The average molecular weight is 75.2 g/mol. The first-order valence-electron chi connectivity index (χ1n) is 1.05. The lowest BCUT2D eigenvalue weighted by Gasteiger charge is -1.85. The first-order chi connectivity index (χ1) is 1.73. The topological polar surface area (TPSA) is 0 Å². The molecule has 0 spiro atoms. The number of hydrogen-bond donors (Lipinski definition) is 0. The molecule has 25 valence electrons. The Labute approximate surface area is 30.6 Å². The van der Waals surface area contributed by atoms with Crippen LogP contribution in [0.5, 0.6) is 0 Å². The van der Waals surface area contributed by atoms with E-state index in [1.165, 1.54) is 0 Å². The highest BCUT2D eigenvalue weighted by molar-refractivity contribution is 7.96. The molecule has 0 aromatic heterocycles. The van der Waals surface area contributed by atoms with E-state index in [9.17, 15) is 0 Å². The van der Waals surface area contributed by atoms with E-state index in [-0.39, 0.29) is 10.9 Å². The predicted molar refractivity (Wildman–Crippen MR) is 23.5 cm³/mol. The van der Waals surface area contributed by atoms with Crippen molar-refractivity contribution in [2.24, 2.45) is 0 Å². The molecule has 0 nitrogen and oxygen atoms in total. The van der Waals surface area contributed by atoms with Gasteiger partial charge in [0, 0.05) is 0 Å². The second kappa shape index (κ2) is 1.65. The zero-order valence-corrected chi connectivity index (χ0v) is 3.80. The molecule has 0 saturated carbocycles. The third kappa shape index (κ3) is 35.0. The van der Waals surface area contributed by atoms with Crippen molar-refractivity contribution in [1.82, 2.24) is 0 Å². The van der Waals surface area contributed by atoms with Crippen LogP contribution in [0.15, 0.2) is 0 Å². The van der Waals surface area contributed by atoms with Crippen molar-refractivity contribution in [2.45, 2.75) is 0 Å². The summed E-state index contributed by atoms with van der Waals surface area (Å²) >= 11 is 0. The monoisotopic (exact) mass is 75.0 g/mol. The Morgan fingerprint density at radius 2 is 1.50 bits per heavy atom. The highest BCUT2D eigenvalue weighted by atomic mass is 32.2. The molecule has 1 heteroatoms. The van der Waals surface area contributed by atoms with Crippen LogP contribution >= 0.6 is 0 Å². The molecule has 1 radical (unpaired) electrons. The van der Waals surface area contributed by atoms with Crippen molar-refractivity contribution >= 4 is 10.9 Å². The SMILES string of the molecule is [CH-][S+](C)C. The molecule has 0 fully saturated rings. The number of hydrogen-bond acceptors (Lipinski definition) is 0. The van der Waals surface area contributed by atoms with Crippen LogP contribution in [-0.4, -0.2) is 12.5 Å². The van der Waals surface area contributed by atoms with E-state index in [1.54, 1.807) is 0 Å². The molecule has 0 N–H and O–H groups in total. The third-order valence-corrected chi connectivity index (χ3v) is 0. The predicted octanol–water partition coefficient (Wildman–Crippen LogP) is 0.533. The molecule has 0 bridgehead atoms. The molecule has 0 heterocycles. The van der Waals surface area contributed by atoms with Crippen LogP contribution in [0.2, 0.25) is 0 Å². The zero-order valence-electron chi connectivity index (χ0n) is 2.99. The van der Waals surface area contributed by atoms with E-state index >= 15 is 0 Å². The fourth-order valence-electron chi connectivity index (χ4n) is 0. The molecule has 0 rings (SSSR count). The van der Waals surface area contributed by atoms with Crippen molar-refractivity contribution in [3.8, 4) is 0 Å².